The molecule has 0 bridgehead atoms. The molecule has 3 heterocycles. The van der Waals surface area contributed by atoms with Crippen molar-refractivity contribution in [2.75, 3.05) is 12.5 Å². The number of hydrogen-bond donors (Lipinski definition) is 0. The minimum Gasteiger partial charge on any atom is -0.256 e. The first kappa shape index (κ1) is 16.1. The summed E-state index contributed by atoms with van der Waals surface area (Å²) >= 11 is 7.26. The van der Waals surface area contributed by atoms with Crippen molar-refractivity contribution in [3.8, 4) is 0 Å². The van der Waals surface area contributed by atoms with Crippen molar-refractivity contribution >= 4 is 52.6 Å². The standard InChI is InChI=1S/C16H14N2S4/c1-19-15-16(20-2)22-14(21-15)13(11-7-3-5-9-17-11)12-8-4-6-10-18-12/h3-10H,1-2H3. The van der Waals surface area contributed by atoms with E-state index in [1.807, 2.05) is 72.3 Å². The van der Waals surface area contributed by atoms with Gasteiger partial charge in [0, 0.05) is 18.0 Å². The highest BCUT2D eigenvalue weighted by Gasteiger charge is 2.25. The normalized spacial score (nSPS) is 14.5. The van der Waals surface area contributed by atoms with Crippen LogP contribution in [0.4, 0.5) is 0 Å². The van der Waals surface area contributed by atoms with E-state index in [0.717, 1.165) is 17.0 Å². The number of hydrogen-bond acceptors (Lipinski definition) is 6. The van der Waals surface area contributed by atoms with Crippen molar-refractivity contribution in [2.24, 2.45) is 0 Å². The summed E-state index contributed by atoms with van der Waals surface area (Å²) in [5.41, 5.74) is 3.06. The minimum atomic E-state index is 0.971. The van der Waals surface area contributed by atoms with Gasteiger partial charge in [-0.25, -0.2) is 0 Å². The van der Waals surface area contributed by atoms with Crippen molar-refractivity contribution < 1.29 is 0 Å². The predicted molar refractivity (Wildman–Crippen MR) is 104 cm³/mol. The van der Waals surface area contributed by atoms with Gasteiger partial charge in [-0.05, 0) is 36.8 Å². The van der Waals surface area contributed by atoms with Gasteiger partial charge >= 0.3 is 0 Å². The largest absolute Gasteiger partial charge is 0.256 e. The molecule has 22 heavy (non-hydrogen) atoms. The maximum Gasteiger partial charge on any atom is 0.0740 e. The summed E-state index contributed by atoms with van der Waals surface area (Å²) in [4.78, 5) is 9.09. The maximum atomic E-state index is 4.55. The molecule has 0 N–H and O–H groups in total. The summed E-state index contributed by atoms with van der Waals surface area (Å²) in [6.45, 7) is 0. The van der Waals surface area contributed by atoms with E-state index in [0.29, 0.717) is 0 Å². The van der Waals surface area contributed by atoms with Crippen LogP contribution in [0.2, 0.25) is 0 Å². The van der Waals surface area contributed by atoms with Crippen molar-refractivity contribution in [1.29, 1.82) is 0 Å². The Hall–Kier alpha value is -0.820. The fraction of sp³-hybridized carbons (Fsp3) is 0.125. The number of thioether (sulfide) groups is 4. The second kappa shape index (κ2) is 7.64. The molecule has 0 aliphatic carbocycles. The Morgan fingerprint density at radius 2 is 1.32 bits per heavy atom. The van der Waals surface area contributed by atoms with Crippen molar-refractivity contribution in [3.05, 3.63) is 72.9 Å². The van der Waals surface area contributed by atoms with Gasteiger partial charge in [-0.15, -0.1) is 23.5 Å². The van der Waals surface area contributed by atoms with Gasteiger partial charge < -0.3 is 0 Å². The molecular formula is C16H14N2S4. The van der Waals surface area contributed by atoms with E-state index in [4.69, 9.17) is 0 Å². The van der Waals surface area contributed by atoms with Crippen LogP contribution < -0.4 is 0 Å². The summed E-state index contributed by atoms with van der Waals surface area (Å²) in [6.07, 6.45) is 7.93. The van der Waals surface area contributed by atoms with E-state index >= 15 is 0 Å². The molecule has 2 nitrogen and oxygen atoms in total. The van der Waals surface area contributed by atoms with Crippen LogP contribution in [0.25, 0.3) is 5.57 Å². The summed E-state index contributed by atoms with van der Waals surface area (Å²) in [7, 11) is 0. The molecule has 0 aromatic carbocycles. The fourth-order valence-electron chi connectivity index (χ4n) is 1.99. The number of pyridine rings is 2. The Bertz CT molecular complexity index is 652. The molecule has 112 valence electrons. The molecular weight excluding hydrogens is 348 g/mol. The van der Waals surface area contributed by atoms with E-state index in [-0.39, 0.29) is 0 Å². The molecule has 0 saturated heterocycles. The Labute approximate surface area is 147 Å². The average Bonchev–Trinajstić information content (AvgIpc) is 3.00. The summed E-state index contributed by atoms with van der Waals surface area (Å²) in [5.74, 6) is 0. The topological polar surface area (TPSA) is 25.8 Å². The van der Waals surface area contributed by atoms with Crippen LogP contribution in [0, 0.1) is 0 Å². The second-order valence-corrected chi connectivity index (χ2v) is 8.73. The maximum absolute atomic E-state index is 4.55. The highest BCUT2D eigenvalue weighted by Crippen LogP contribution is 2.58. The fourth-order valence-corrected chi connectivity index (χ4v) is 7.10. The molecule has 0 saturated carbocycles. The zero-order valence-corrected chi connectivity index (χ0v) is 15.4. The number of aromatic nitrogens is 2. The molecule has 0 unspecified atom stereocenters. The lowest BCUT2D eigenvalue weighted by molar-refractivity contribution is 1.22. The van der Waals surface area contributed by atoms with Gasteiger partial charge in [-0.1, -0.05) is 35.7 Å². The van der Waals surface area contributed by atoms with Crippen molar-refractivity contribution in [3.63, 3.8) is 0 Å². The van der Waals surface area contributed by atoms with Crippen molar-refractivity contribution in [1.82, 2.24) is 9.97 Å². The van der Waals surface area contributed by atoms with E-state index in [9.17, 15) is 0 Å². The first-order chi connectivity index (χ1) is 10.8. The van der Waals surface area contributed by atoms with Crippen LogP contribution in [0.5, 0.6) is 0 Å². The molecule has 0 fully saturated rings. The predicted octanol–water partition coefficient (Wildman–Crippen LogP) is 5.53. The van der Waals surface area contributed by atoms with E-state index in [1.54, 1.807) is 23.5 Å². The molecule has 3 rings (SSSR count). The lowest BCUT2D eigenvalue weighted by Crippen LogP contribution is -1.95. The Balaban J connectivity index is 2.10. The van der Waals surface area contributed by atoms with Gasteiger partial charge in [-0.3, -0.25) is 9.97 Å². The third-order valence-corrected chi connectivity index (χ3v) is 8.18. The zero-order valence-electron chi connectivity index (χ0n) is 12.1. The van der Waals surface area contributed by atoms with E-state index < -0.39 is 0 Å². The zero-order chi connectivity index (χ0) is 15.4. The summed E-state index contributed by atoms with van der Waals surface area (Å²) < 4.78 is 3.97. The molecule has 2 aromatic heterocycles. The quantitative estimate of drug-likeness (QED) is 0.710. The highest BCUT2D eigenvalue weighted by atomic mass is 32.3. The van der Waals surface area contributed by atoms with Crippen LogP contribution in [0.1, 0.15) is 11.4 Å². The van der Waals surface area contributed by atoms with E-state index in [2.05, 4.69) is 22.5 Å². The average molecular weight is 363 g/mol. The lowest BCUT2D eigenvalue weighted by atomic mass is 10.1. The smallest absolute Gasteiger partial charge is 0.0740 e. The highest BCUT2D eigenvalue weighted by molar-refractivity contribution is 8.40. The van der Waals surface area contributed by atoms with Gasteiger partial charge in [-0.2, -0.15) is 0 Å². The number of rotatable bonds is 4. The van der Waals surface area contributed by atoms with Crippen LogP contribution in [-0.4, -0.2) is 22.5 Å². The second-order valence-electron chi connectivity index (χ2n) is 4.28. The van der Waals surface area contributed by atoms with Gasteiger partial charge in [0.05, 0.1) is 24.1 Å². The van der Waals surface area contributed by atoms with E-state index in [1.165, 1.54) is 12.7 Å². The lowest BCUT2D eigenvalue weighted by Gasteiger charge is -2.09. The molecule has 6 heteroatoms. The summed E-state index contributed by atoms with van der Waals surface area (Å²) in [5, 5.41) is 0. The Morgan fingerprint density at radius 1 is 0.818 bits per heavy atom. The molecule has 0 atom stereocenters. The monoisotopic (exact) mass is 362 g/mol. The van der Waals surface area contributed by atoms with Gasteiger partial charge in [0.25, 0.3) is 0 Å². The van der Waals surface area contributed by atoms with Gasteiger partial charge in [0.15, 0.2) is 0 Å². The first-order valence-electron chi connectivity index (χ1n) is 6.58. The first-order valence-corrected chi connectivity index (χ1v) is 10.7. The Morgan fingerprint density at radius 3 is 1.68 bits per heavy atom. The van der Waals surface area contributed by atoms with Crippen molar-refractivity contribution in [2.45, 2.75) is 0 Å². The van der Waals surface area contributed by atoms with Crippen LogP contribution in [0.15, 0.2) is 61.5 Å². The summed E-state index contributed by atoms with van der Waals surface area (Å²) in [6, 6.07) is 12.0. The SMILES string of the molecule is CSC1=C(SC)SC(=C(c2ccccn2)c2ccccn2)S1. The number of nitrogens with zero attached hydrogens (tertiary/aromatic N) is 2. The molecule has 0 amide bonds. The molecule has 0 spiro atoms. The van der Waals surface area contributed by atoms with Crippen LogP contribution >= 0.6 is 47.0 Å². The molecule has 1 aliphatic rings. The van der Waals surface area contributed by atoms with Gasteiger partial charge in [0.1, 0.15) is 0 Å². The minimum absolute atomic E-state index is 0.971. The molecule has 1 aliphatic heterocycles. The Kier molecular flexibility index (Phi) is 5.57. The van der Waals surface area contributed by atoms with Crippen LogP contribution in [-0.2, 0) is 0 Å². The third-order valence-electron chi connectivity index (χ3n) is 2.95. The molecule has 0 radical (unpaired) electrons. The molecule has 2 aromatic rings. The third kappa shape index (κ3) is 3.40. The van der Waals surface area contributed by atoms with Gasteiger partial charge in [0.2, 0.25) is 0 Å². The van der Waals surface area contributed by atoms with Crippen LogP contribution in [0.3, 0.4) is 0 Å².